The molecule has 0 saturated heterocycles. The van der Waals surface area contributed by atoms with E-state index in [-0.39, 0.29) is 11.7 Å². The van der Waals surface area contributed by atoms with Crippen molar-refractivity contribution in [2.24, 2.45) is 5.92 Å². The van der Waals surface area contributed by atoms with Crippen LogP contribution in [-0.4, -0.2) is 15.8 Å². The van der Waals surface area contributed by atoms with Crippen LogP contribution in [0.1, 0.15) is 28.0 Å². The molecule has 3 nitrogen and oxygen atoms in total. The summed E-state index contributed by atoms with van der Waals surface area (Å²) < 4.78 is 0. The number of imidazole rings is 1. The van der Waals surface area contributed by atoms with Crippen molar-refractivity contribution in [3.05, 3.63) is 53.6 Å². The van der Waals surface area contributed by atoms with Gasteiger partial charge in [0.1, 0.15) is 0 Å². The van der Waals surface area contributed by atoms with E-state index < -0.39 is 0 Å². The van der Waals surface area contributed by atoms with Gasteiger partial charge in [0, 0.05) is 24.1 Å². The minimum absolute atomic E-state index is 0.0909. The maximum Gasteiger partial charge on any atom is 0.166 e. The zero-order chi connectivity index (χ0) is 11.7. The van der Waals surface area contributed by atoms with E-state index >= 15 is 0 Å². The molecule has 17 heavy (non-hydrogen) atoms. The monoisotopic (exact) mass is 226 g/mol. The van der Waals surface area contributed by atoms with E-state index in [1.54, 1.807) is 6.33 Å². The minimum Gasteiger partial charge on any atom is -0.351 e. The van der Waals surface area contributed by atoms with Gasteiger partial charge in [-0.1, -0.05) is 24.3 Å². The molecule has 1 heterocycles. The molecule has 1 aromatic carbocycles. The number of Topliss-reactive ketones (excluding diaryl/α,β-unsaturated/α-hetero) is 1. The minimum atomic E-state index is 0.0909. The van der Waals surface area contributed by atoms with Crippen LogP contribution in [0.15, 0.2) is 36.8 Å². The maximum atomic E-state index is 12.3. The summed E-state index contributed by atoms with van der Waals surface area (Å²) in [6, 6.07) is 7.93. The van der Waals surface area contributed by atoms with Crippen LogP contribution in [-0.2, 0) is 12.8 Å². The number of aromatic nitrogens is 2. The molecular weight excluding hydrogens is 212 g/mol. The molecule has 0 fully saturated rings. The Morgan fingerprint density at radius 2 is 2.24 bits per heavy atom. The third kappa shape index (κ3) is 1.88. The van der Waals surface area contributed by atoms with Crippen LogP contribution in [0.5, 0.6) is 0 Å². The highest BCUT2D eigenvalue weighted by Crippen LogP contribution is 2.27. The van der Waals surface area contributed by atoms with Crippen LogP contribution in [0.25, 0.3) is 0 Å². The Morgan fingerprint density at radius 1 is 1.35 bits per heavy atom. The first-order valence-corrected chi connectivity index (χ1v) is 5.94. The Hall–Kier alpha value is -1.90. The van der Waals surface area contributed by atoms with Crippen molar-refractivity contribution in [2.45, 2.75) is 19.3 Å². The van der Waals surface area contributed by atoms with Gasteiger partial charge in [0.2, 0.25) is 0 Å². The largest absolute Gasteiger partial charge is 0.351 e. The molecule has 1 unspecified atom stereocenters. The van der Waals surface area contributed by atoms with E-state index in [0.29, 0.717) is 0 Å². The van der Waals surface area contributed by atoms with Gasteiger partial charge in [-0.15, -0.1) is 0 Å². The normalized spacial score (nSPS) is 19.1. The van der Waals surface area contributed by atoms with Crippen LogP contribution in [0.2, 0.25) is 0 Å². The topological polar surface area (TPSA) is 45.8 Å². The summed E-state index contributed by atoms with van der Waals surface area (Å²) in [5, 5.41) is 0. The van der Waals surface area contributed by atoms with Gasteiger partial charge in [0.05, 0.1) is 12.0 Å². The molecule has 0 spiro atoms. The number of ketones is 1. The standard InChI is InChI=1S/C14H14N2O/c17-14-11(7-12-8-15-9-16-12)6-5-10-3-1-2-4-13(10)14/h1-4,8-9,11H,5-7H2,(H,15,16). The van der Waals surface area contributed by atoms with Gasteiger partial charge in [-0.2, -0.15) is 0 Å². The van der Waals surface area contributed by atoms with Crippen molar-refractivity contribution < 1.29 is 4.79 Å². The van der Waals surface area contributed by atoms with Gasteiger partial charge < -0.3 is 4.98 Å². The molecule has 0 bridgehead atoms. The molecule has 1 atom stereocenters. The predicted octanol–water partition coefficient (Wildman–Crippen LogP) is 2.40. The van der Waals surface area contributed by atoms with E-state index in [4.69, 9.17) is 0 Å². The number of rotatable bonds is 2. The second kappa shape index (κ2) is 4.17. The second-order valence-electron chi connectivity index (χ2n) is 4.52. The van der Waals surface area contributed by atoms with Crippen LogP contribution >= 0.6 is 0 Å². The van der Waals surface area contributed by atoms with Crippen LogP contribution in [0.3, 0.4) is 0 Å². The molecule has 1 N–H and O–H groups in total. The van der Waals surface area contributed by atoms with Gasteiger partial charge in [0.25, 0.3) is 0 Å². The van der Waals surface area contributed by atoms with Crippen molar-refractivity contribution in [3.8, 4) is 0 Å². The lowest BCUT2D eigenvalue weighted by Crippen LogP contribution is -2.24. The van der Waals surface area contributed by atoms with Crippen LogP contribution in [0, 0.1) is 5.92 Å². The fraction of sp³-hybridized carbons (Fsp3) is 0.286. The summed E-state index contributed by atoms with van der Waals surface area (Å²) >= 11 is 0. The SMILES string of the molecule is O=C1c2ccccc2CCC1Cc1c[nH]cn1. The number of aryl methyl sites for hydroxylation is 1. The van der Waals surface area contributed by atoms with Crippen molar-refractivity contribution in [2.75, 3.05) is 0 Å². The Bertz CT molecular complexity index is 531. The fourth-order valence-electron chi connectivity index (χ4n) is 2.51. The highest BCUT2D eigenvalue weighted by Gasteiger charge is 2.27. The van der Waals surface area contributed by atoms with E-state index in [2.05, 4.69) is 16.0 Å². The van der Waals surface area contributed by atoms with Gasteiger partial charge in [-0.25, -0.2) is 4.98 Å². The molecule has 3 rings (SSSR count). The summed E-state index contributed by atoms with van der Waals surface area (Å²) in [5.41, 5.74) is 3.07. The number of hydrogen-bond donors (Lipinski definition) is 1. The molecule has 3 heteroatoms. The van der Waals surface area contributed by atoms with Crippen molar-refractivity contribution in [1.82, 2.24) is 9.97 Å². The van der Waals surface area contributed by atoms with Crippen LogP contribution < -0.4 is 0 Å². The second-order valence-corrected chi connectivity index (χ2v) is 4.52. The highest BCUT2D eigenvalue weighted by molar-refractivity contribution is 6.00. The smallest absolute Gasteiger partial charge is 0.166 e. The molecule has 1 aliphatic rings. The zero-order valence-electron chi connectivity index (χ0n) is 9.52. The molecule has 0 radical (unpaired) electrons. The van der Waals surface area contributed by atoms with E-state index in [0.717, 1.165) is 30.5 Å². The highest BCUT2D eigenvalue weighted by atomic mass is 16.1. The molecule has 0 saturated carbocycles. The third-order valence-electron chi connectivity index (χ3n) is 3.43. The first kappa shape index (κ1) is 10.3. The molecule has 2 aromatic rings. The quantitative estimate of drug-likeness (QED) is 0.854. The van der Waals surface area contributed by atoms with Gasteiger partial charge in [-0.3, -0.25) is 4.79 Å². The number of carbonyl (C=O) groups excluding carboxylic acids is 1. The number of nitrogens with one attached hydrogen (secondary N) is 1. The predicted molar refractivity (Wildman–Crippen MR) is 64.9 cm³/mol. The maximum absolute atomic E-state index is 12.3. The Kier molecular flexibility index (Phi) is 2.52. The lowest BCUT2D eigenvalue weighted by Gasteiger charge is -2.22. The first-order chi connectivity index (χ1) is 8.34. The lowest BCUT2D eigenvalue weighted by molar-refractivity contribution is 0.0900. The average molecular weight is 226 g/mol. The Balaban J connectivity index is 1.84. The molecule has 0 amide bonds. The number of nitrogens with zero attached hydrogens (tertiary/aromatic N) is 1. The van der Waals surface area contributed by atoms with E-state index in [9.17, 15) is 4.79 Å². The van der Waals surface area contributed by atoms with E-state index in [1.807, 2.05) is 24.4 Å². The molecular formula is C14H14N2O. The summed E-state index contributed by atoms with van der Waals surface area (Å²) in [5.74, 6) is 0.364. The number of aromatic amines is 1. The number of hydrogen-bond acceptors (Lipinski definition) is 2. The van der Waals surface area contributed by atoms with Gasteiger partial charge >= 0.3 is 0 Å². The third-order valence-corrected chi connectivity index (χ3v) is 3.43. The van der Waals surface area contributed by atoms with Crippen molar-refractivity contribution in [1.29, 1.82) is 0 Å². The zero-order valence-corrected chi connectivity index (χ0v) is 9.52. The molecule has 1 aliphatic carbocycles. The molecule has 0 aliphatic heterocycles. The van der Waals surface area contributed by atoms with E-state index in [1.165, 1.54) is 5.56 Å². The average Bonchev–Trinajstić information content (AvgIpc) is 2.86. The van der Waals surface area contributed by atoms with Crippen molar-refractivity contribution >= 4 is 5.78 Å². The number of H-pyrrole nitrogens is 1. The number of carbonyl (C=O) groups is 1. The number of fused-ring (bicyclic) bond motifs is 1. The van der Waals surface area contributed by atoms with Gasteiger partial charge in [0.15, 0.2) is 5.78 Å². The first-order valence-electron chi connectivity index (χ1n) is 5.94. The Labute approximate surface area is 99.9 Å². The molecule has 1 aromatic heterocycles. The lowest BCUT2D eigenvalue weighted by atomic mass is 9.81. The Morgan fingerprint density at radius 3 is 3.06 bits per heavy atom. The molecule has 86 valence electrons. The van der Waals surface area contributed by atoms with Crippen molar-refractivity contribution in [3.63, 3.8) is 0 Å². The summed E-state index contributed by atoms with van der Waals surface area (Å²) in [6.07, 6.45) is 6.21. The number of benzene rings is 1. The van der Waals surface area contributed by atoms with Crippen LogP contribution in [0.4, 0.5) is 0 Å². The summed E-state index contributed by atoms with van der Waals surface area (Å²) in [7, 11) is 0. The van der Waals surface area contributed by atoms with Gasteiger partial charge in [-0.05, 0) is 18.4 Å². The summed E-state index contributed by atoms with van der Waals surface area (Å²) in [6.45, 7) is 0. The fourth-order valence-corrected chi connectivity index (χ4v) is 2.51. The summed E-state index contributed by atoms with van der Waals surface area (Å²) in [4.78, 5) is 19.4.